The van der Waals surface area contributed by atoms with Crippen LogP contribution in [0.15, 0.2) is 36.4 Å². The molecule has 3 rings (SSSR count). The zero-order valence-electron chi connectivity index (χ0n) is 20.6. The van der Waals surface area contributed by atoms with Gasteiger partial charge in [0, 0.05) is 31.4 Å². The van der Waals surface area contributed by atoms with Gasteiger partial charge < -0.3 is 24.4 Å². The maximum Gasteiger partial charge on any atom is 0.336 e. The SMILES string of the molecule is CCN(c1cc(-c2ccc(OCCOC)cc2)cc(C(=O)O)c1C)[C@H]1CC[C@H](N(C)C)CC1. The molecular weight excluding hydrogens is 416 g/mol. The van der Waals surface area contributed by atoms with Gasteiger partial charge in [-0.3, -0.25) is 0 Å². The summed E-state index contributed by atoms with van der Waals surface area (Å²) in [5.74, 6) is -0.114. The summed E-state index contributed by atoms with van der Waals surface area (Å²) in [4.78, 5) is 16.8. The van der Waals surface area contributed by atoms with Gasteiger partial charge in [-0.15, -0.1) is 0 Å². The fourth-order valence-corrected chi connectivity index (χ4v) is 4.88. The molecule has 0 atom stereocenters. The van der Waals surface area contributed by atoms with Crippen molar-refractivity contribution in [2.45, 2.75) is 51.6 Å². The summed E-state index contributed by atoms with van der Waals surface area (Å²) in [6, 6.07) is 12.8. The van der Waals surface area contributed by atoms with E-state index in [1.807, 2.05) is 31.2 Å². The second-order valence-corrected chi connectivity index (χ2v) is 9.05. The molecule has 0 radical (unpaired) electrons. The Morgan fingerprint density at radius 3 is 2.18 bits per heavy atom. The van der Waals surface area contributed by atoms with Gasteiger partial charge in [-0.2, -0.15) is 0 Å². The van der Waals surface area contributed by atoms with Gasteiger partial charge in [0.05, 0.1) is 12.2 Å². The molecule has 2 aromatic rings. The molecule has 0 saturated heterocycles. The number of anilines is 1. The monoisotopic (exact) mass is 454 g/mol. The first-order valence-corrected chi connectivity index (χ1v) is 11.9. The predicted molar refractivity (Wildman–Crippen MR) is 134 cm³/mol. The Morgan fingerprint density at radius 2 is 1.64 bits per heavy atom. The molecule has 0 aromatic heterocycles. The lowest BCUT2D eigenvalue weighted by molar-refractivity contribution is 0.0696. The largest absolute Gasteiger partial charge is 0.491 e. The van der Waals surface area contributed by atoms with Crippen LogP contribution in [-0.2, 0) is 4.74 Å². The lowest BCUT2D eigenvalue weighted by Crippen LogP contribution is -2.42. The third-order valence-corrected chi connectivity index (χ3v) is 6.84. The minimum absolute atomic E-state index is 0.364. The van der Waals surface area contributed by atoms with Crippen molar-refractivity contribution in [3.05, 3.63) is 47.5 Å². The molecule has 0 bridgehead atoms. The molecule has 0 spiro atoms. The molecule has 1 aliphatic carbocycles. The summed E-state index contributed by atoms with van der Waals surface area (Å²) >= 11 is 0. The number of ether oxygens (including phenoxy) is 2. The smallest absolute Gasteiger partial charge is 0.336 e. The van der Waals surface area contributed by atoms with Crippen LogP contribution in [-0.4, -0.2) is 69.0 Å². The average Bonchev–Trinajstić information content (AvgIpc) is 2.81. The van der Waals surface area contributed by atoms with E-state index < -0.39 is 5.97 Å². The second-order valence-electron chi connectivity index (χ2n) is 9.05. The Bertz CT molecular complexity index is 918. The Kier molecular flexibility index (Phi) is 8.75. The molecule has 0 amide bonds. The maximum atomic E-state index is 12.1. The summed E-state index contributed by atoms with van der Waals surface area (Å²) in [5.41, 5.74) is 4.12. The highest BCUT2D eigenvalue weighted by molar-refractivity contribution is 5.94. The van der Waals surface area contributed by atoms with Gasteiger partial charge >= 0.3 is 5.97 Å². The van der Waals surface area contributed by atoms with Crippen LogP contribution in [0.5, 0.6) is 5.75 Å². The first-order valence-electron chi connectivity index (χ1n) is 11.9. The number of carbonyl (C=O) groups is 1. The van der Waals surface area contributed by atoms with Crippen LogP contribution < -0.4 is 9.64 Å². The summed E-state index contributed by atoms with van der Waals surface area (Å²) in [5, 5.41) is 9.93. The number of rotatable bonds is 10. The van der Waals surface area contributed by atoms with Crippen molar-refractivity contribution in [2.75, 3.05) is 45.9 Å². The number of aromatic carboxylic acids is 1. The van der Waals surface area contributed by atoms with Crippen LogP contribution in [0.4, 0.5) is 5.69 Å². The van der Waals surface area contributed by atoms with Gasteiger partial charge in [0.1, 0.15) is 12.4 Å². The number of hydrogen-bond donors (Lipinski definition) is 1. The van der Waals surface area contributed by atoms with Gasteiger partial charge in [-0.05, 0) is 94.6 Å². The molecule has 33 heavy (non-hydrogen) atoms. The standard InChI is InChI=1S/C27H38N2O4/c1-6-29(23-11-9-22(10-12-23)28(3)4)26-18-21(17-25(19(26)2)27(30)31)20-7-13-24(14-8-20)33-16-15-32-5/h7-8,13-14,17-18,22-23H,6,9-12,15-16H2,1-5H3,(H,30,31)/t22-,23-. The van der Waals surface area contributed by atoms with Crippen LogP contribution in [0.3, 0.4) is 0 Å². The fraction of sp³-hybridized carbons (Fsp3) is 0.519. The molecule has 1 fully saturated rings. The summed E-state index contributed by atoms with van der Waals surface area (Å²) in [6.07, 6.45) is 4.58. The quantitative estimate of drug-likeness (QED) is 0.505. The molecule has 1 N–H and O–H groups in total. The van der Waals surface area contributed by atoms with Crippen LogP contribution >= 0.6 is 0 Å². The highest BCUT2D eigenvalue weighted by atomic mass is 16.5. The minimum atomic E-state index is -0.887. The normalized spacial score (nSPS) is 18.4. The van der Waals surface area contributed by atoms with Gasteiger partial charge in [0.25, 0.3) is 0 Å². The fourth-order valence-electron chi connectivity index (χ4n) is 4.88. The average molecular weight is 455 g/mol. The van der Waals surface area contributed by atoms with Gasteiger partial charge in [-0.25, -0.2) is 4.79 Å². The number of methoxy groups -OCH3 is 1. The van der Waals surface area contributed by atoms with Crippen molar-refractivity contribution < 1.29 is 19.4 Å². The molecule has 0 aliphatic heterocycles. The molecule has 0 heterocycles. The van der Waals surface area contributed by atoms with E-state index in [2.05, 4.69) is 36.9 Å². The number of hydrogen-bond acceptors (Lipinski definition) is 5. The van der Waals surface area contributed by atoms with Crippen LogP contribution in [0, 0.1) is 6.92 Å². The third-order valence-electron chi connectivity index (χ3n) is 6.84. The van der Waals surface area contributed by atoms with Crippen molar-refractivity contribution >= 4 is 11.7 Å². The number of benzene rings is 2. The van der Waals surface area contributed by atoms with Crippen molar-refractivity contribution in [3.8, 4) is 16.9 Å². The Hall–Kier alpha value is -2.57. The summed E-state index contributed by atoms with van der Waals surface area (Å²) in [6.45, 7) is 5.98. The molecule has 1 saturated carbocycles. The van der Waals surface area contributed by atoms with Crippen molar-refractivity contribution in [3.63, 3.8) is 0 Å². The van der Waals surface area contributed by atoms with Gasteiger partial charge in [-0.1, -0.05) is 12.1 Å². The summed E-state index contributed by atoms with van der Waals surface area (Å²) < 4.78 is 10.7. The number of carboxylic acids is 1. The zero-order chi connectivity index (χ0) is 24.0. The molecule has 2 aromatic carbocycles. The van der Waals surface area contributed by atoms with Crippen LogP contribution in [0.2, 0.25) is 0 Å². The number of carboxylic acid groups (broad SMARTS) is 1. The third kappa shape index (κ3) is 6.06. The molecular formula is C27H38N2O4. The number of nitrogens with zero attached hydrogens (tertiary/aromatic N) is 2. The molecule has 6 heteroatoms. The first kappa shape index (κ1) is 25.1. The second kappa shape index (κ2) is 11.5. The van der Waals surface area contributed by atoms with E-state index in [9.17, 15) is 9.90 Å². The minimum Gasteiger partial charge on any atom is -0.491 e. The Morgan fingerprint density at radius 1 is 1.00 bits per heavy atom. The maximum absolute atomic E-state index is 12.1. The Labute approximate surface area is 198 Å². The van der Waals surface area contributed by atoms with Crippen LogP contribution in [0.25, 0.3) is 11.1 Å². The van der Waals surface area contributed by atoms with E-state index in [1.165, 1.54) is 12.8 Å². The highest BCUT2D eigenvalue weighted by Gasteiger charge is 2.28. The lowest BCUT2D eigenvalue weighted by atomic mass is 9.88. The molecule has 6 nitrogen and oxygen atoms in total. The highest BCUT2D eigenvalue weighted by Crippen LogP contribution is 2.36. The lowest BCUT2D eigenvalue weighted by Gasteiger charge is -2.40. The van der Waals surface area contributed by atoms with E-state index in [4.69, 9.17) is 9.47 Å². The van der Waals surface area contributed by atoms with E-state index in [-0.39, 0.29) is 0 Å². The zero-order valence-corrected chi connectivity index (χ0v) is 20.6. The predicted octanol–water partition coefficient (Wildman–Crippen LogP) is 5.08. The van der Waals surface area contributed by atoms with Gasteiger partial charge in [0.15, 0.2) is 0 Å². The first-order chi connectivity index (χ1) is 15.8. The Balaban J connectivity index is 1.91. The van der Waals surface area contributed by atoms with Gasteiger partial charge in [0.2, 0.25) is 0 Å². The molecule has 1 aliphatic rings. The van der Waals surface area contributed by atoms with E-state index in [0.717, 1.165) is 47.5 Å². The van der Waals surface area contributed by atoms with Crippen molar-refractivity contribution in [1.29, 1.82) is 0 Å². The van der Waals surface area contributed by atoms with E-state index in [1.54, 1.807) is 13.2 Å². The van der Waals surface area contributed by atoms with E-state index in [0.29, 0.717) is 30.9 Å². The van der Waals surface area contributed by atoms with Crippen molar-refractivity contribution in [2.24, 2.45) is 0 Å². The van der Waals surface area contributed by atoms with Crippen molar-refractivity contribution in [1.82, 2.24) is 4.90 Å². The summed E-state index contributed by atoms with van der Waals surface area (Å²) in [7, 11) is 5.96. The van der Waals surface area contributed by atoms with E-state index >= 15 is 0 Å². The van der Waals surface area contributed by atoms with Crippen LogP contribution in [0.1, 0.15) is 48.5 Å². The topological polar surface area (TPSA) is 62.2 Å². The molecule has 0 unspecified atom stereocenters. The molecule has 180 valence electrons.